The molecule has 0 aromatic heterocycles. The number of anilines is 1. The third-order valence-corrected chi connectivity index (χ3v) is 5.61. The molecular formula is C21H32N4O2. The van der Waals surface area contributed by atoms with Crippen LogP contribution in [0.25, 0.3) is 0 Å². The largest absolute Gasteiger partial charge is 0.466 e. The molecule has 1 atom stereocenters. The third-order valence-electron chi connectivity index (χ3n) is 5.61. The van der Waals surface area contributed by atoms with Gasteiger partial charge in [0.25, 0.3) is 0 Å². The van der Waals surface area contributed by atoms with Crippen LogP contribution in [-0.4, -0.2) is 62.7 Å². The molecule has 0 spiro atoms. The molecule has 0 bridgehead atoms. The molecule has 2 aliphatic heterocycles. The maximum atomic E-state index is 11.9. The van der Waals surface area contributed by atoms with E-state index in [-0.39, 0.29) is 11.9 Å². The second-order valence-corrected chi connectivity index (χ2v) is 7.36. The summed E-state index contributed by atoms with van der Waals surface area (Å²) in [4.78, 5) is 21.1. The maximum Gasteiger partial charge on any atom is 0.309 e. The molecule has 0 aliphatic carbocycles. The van der Waals surface area contributed by atoms with Crippen molar-refractivity contribution in [2.75, 3.05) is 44.7 Å². The number of likely N-dealkylation sites (tertiary alicyclic amines) is 1. The molecule has 148 valence electrons. The number of guanidine groups is 1. The molecule has 1 unspecified atom stereocenters. The maximum absolute atomic E-state index is 11.9. The van der Waals surface area contributed by atoms with Gasteiger partial charge in [0.2, 0.25) is 0 Å². The number of benzene rings is 1. The average molecular weight is 373 g/mol. The van der Waals surface area contributed by atoms with E-state index in [1.54, 1.807) is 0 Å². The normalized spacial score (nSPS) is 20.6. The van der Waals surface area contributed by atoms with E-state index in [1.807, 2.05) is 14.0 Å². The molecule has 27 heavy (non-hydrogen) atoms. The fourth-order valence-electron chi connectivity index (χ4n) is 4.18. The molecule has 0 radical (unpaired) electrons. The fourth-order valence-corrected chi connectivity index (χ4v) is 4.18. The van der Waals surface area contributed by atoms with Crippen molar-refractivity contribution in [3.8, 4) is 0 Å². The summed E-state index contributed by atoms with van der Waals surface area (Å²) in [5.74, 6) is 0.903. The highest BCUT2D eigenvalue weighted by Crippen LogP contribution is 2.31. The molecule has 1 aromatic rings. The Morgan fingerprint density at radius 2 is 2.04 bits per heavy atom. The van der Waals surface area contributed by atoms with Gasteiger partial charge in [0.15, 0.2) is 5.96 Å². The van der Waals surface area contributed by atoms with E-state index in [9.17, 15) is 4.79 Å². The van der Waals surface area contributed by atoms with Gasteiger partial charge < -0.3 is 19.9 Å². The summed E-state index contributed by atoms with van der Waals surface area (Å²) in [6.45, 7) is 8.09. The number of rotatable bonds is 5. The molecule has 1 N–H and O–H groups in total. The Kier molecular flexibility index (Phi) is 6.58. The minimum Gasteiger partial charge on any atom is -0.466 e. The lowest BCUT2D eigenvalue weighted by Crippen LogP contribution is -2.48. The molecule has 6 heteroatoms. The predicted molar refractivity (Wildman–Crippen MR) is 109 cm³/mol. The SMILES string of the molecule is CCOC(=O)C1CCN(C(=NC)NCCN2c3ccccc3CC2C)CC1. The molecule has 2 aliphatic rings. The van der Waals surface area contributed by atoms with Crippen molar-refractivity contribution in [1.82, 2.24) is 10.2 Å². The van der Waals surface area contributed by atoms with E-state index >= 15 is 0 Å². The molecule has 2 heterocycles. The van der Waals surface area contributed by atoms with E-state index in [0.717, 1.165) is 51.4 Å². The van der Waals surface area contributed by atoms with Gasteiger partial charge in [0.05, 0.1) is 12.5 Å². The zero-order valence-corrected chi connectivity index (χ0v) is 16.8. The van der Waals surface area contributed by atoms with Crippen LogP contribution < -0.4 is 10.2 Å². The van der Waals surface area contributed by atoms with E-state index in [1.165, 1.54) is 11.3 Å². The van der Waals surface area contributed by atoms with Gasteiger partial charge in [-0.15, -0.1) is 0 Å². The van der Waals surface area contributed by atoms with E-state index in [2.05, 4.69) is 51.3 Å². The van der Waals surface area contributed by atoms with Crippen molar-refractivity contribution in [3.05, 3.63) is 29.8 Å². The summed E-state index contributed by atoms with van der Waals surface area (Å²) in [5, 5.41) is 3.50. The molecule has 0 saturated carbocycles. The Labute approximate surface area is 162 Å². The molecule has 1 fully saturated rings. The number of piperidine rings is 1. The zero-order valence-electron chi connectivity index (χ0n) is 16.8. The Balaban J connectivity index is 1.47. The first-order valence-electron chi connectivity index (χ1n) is 10.1. The second kappa shape index (κ2) is 9.11. The summed E-state index contributed by atoms with van der Waals surface area (Å²) < 4.78 is 5.16. The minimum absolute atomic E-state index is 0.0289. The number of esters is 1. The van der Waals surface area contributed by atoms with Gasteiger partial charge in [-0.25, -0.2) is 0 Å². The van der Waals surface area contributed by atoms with Crippen LogP contribution in [0.4, 0.5) is 5.69 Å². The molecular weight excluding hydrogens is 340 g/mol. The molecule has 1 saturated heterocycles. The molecule has 3 rings (SSSR count). The first-order chi connectivity index (χ1) is 13.1. The Bertz CT molecular complexity index is 668. The van der Waals surface area contributed by atoms with Gasteiger partial charge in [-0.05, 0) is 44.7 Å². The monoisotopic (exact) mass is 372 g/mol. The number of carbonyl (C=O) groups excluding carboxylic acids is 1. The van der Waals surface area contributed by atoms with Gasteiger partial charge >= 0.3 is 5.97 Å². The predicted octanol–water partition coefficient (Wildman–Crippen LogP) is 2.29. The topological polar surface area (TPSA) is 57.2 Å². The lowest BCUT2D eigenvalue weighted by molar-refractivity contribution is -0.149. The summed E-state index contributed by atoms with van der Waals surface area (Å²) in [6.07, 6.45) is 2.78. The summed E-state index contributed by atoms with van der Waals surface area (Å²) in [6, 6.07) is 9.21. The van der Waals surface area contributed by atoms with Crippen LogP contribution in [0.1, 0.15) is 32.3 Å². The number of fused-ring (bicyclic) bond motifs is 1. The van der Waals surface area contributed by atoms with Gasteiger partial charge in [0, 0.05) is 45.0 Å². The van der Waals surface area contributed by atoms with Gasteiger partial charge in [-0.3, -0.25) is 9.79 Å². The van der Waals surface area contributed by atoms with Crippen molar-refractivity contribution in [2.45, 2.75) is 39.2 Å². The van der Waals surface area contributed by atoms with Crippen molar-refractivity contribution in [1.29, 1.82) is 0 Å². The van der Waals surface area contributed by atoms with Crippen LogP contribution in [0.3, 0.4) is 0 Å². The number of para-hydroxylation sites is 1. The number of nitrogens with zero attached hydrogens (tertiary/aromatic N) is 3. The lowest BCUT2D eigenvalue weighted by Gasteiger charge is -2.34. The highest BCUT2D eigenvalue weighted by molar-refractivity contribution is 5.80. The van der Waals surface area contributed by atoms with Gasteiger partial charge in [-0.2, -0.15) is 0 Å². The number of hydrogen-bond donors (Lipinski definition) is 1. The van der Waals surface area contributed by atoms with Gasteiger partial charge in [-0.1, -0.05) is 18.2 Å². The average Bonchev–Trinajstić information content (AvgIpc) is 3.01. The molecule has 6 nitrogen and oxygen atoms in total. The zero-order chi connectivity index (χ0) is 19.2. The first-order valence-corrected chi connectivity index (χ1v) is 10.1. The minimum atomic E-state index is -0.0539. The summed E-state index contributed by atoms with van der Waals surface area (Å²) >= 11 is 0. The second-order valence-electron chi connectivity index (χ2n) is 7.36. The van der Waals surface area contributed by atoms with Crippen LogP contribution in [0.5, 0.6) is 0 Å². The number of hydrogen-bond acceptors (Lipinski definition) is 4. The lowest BCUT2D eigenvalue weighted by atomic mass is 9.97. The van der Waals surface area contributed by atoms with Crippen LogP contribution in [-0.2, 0) is 16.0 Å². The van der Waals surface area contributed by atoms with E-state index in [4.69, 9.17) is 4.74 Å². The first kappa shape index (κ1) is 19.5. The number of carbonyl (C=O) groups is 1. The quantitative estimate of drug-likeness (QED) is 0.488. The van der Waals surface area contributed by atoms with Crippen LogP contribution in [0, 0.1) is 5.92 Å². The van der Waals surface area contributed by atoms with Crippen molar-refractivity contribution in [3.63, 3.8) is 0 Å². The number of aliphatic imine (C=N–C) groups is 1. The number of nitrogens with one attached hydrogen (secondary N) is 1. The Hall–Kier alpha value is -2.24. The van der Waals surface area contributed by atoms with Crippen molar-refractivity contribution >= 4 is 17.6 Å². The summed E-state index contributed by atoms with van der Waals surface area (Å²) in [5.41, 5.74) is 2.80. The van der Waals surface area contributed by atoms with Crippen molar-refractivity contribution in [2.24, 2.45) is 10.9 Å². The van der Waals surface area contributed by atoms with Crippen LogP contribution in [0.15, 0.2) is 29.3 Å². The van der Waals surface area contributed by atoms with Crippen LogP contribution >= 0.6 is 0 Å². The van der Waals surface area contributed by atoms with Gasteiger partial charge in [0.1, 0.15) is 0 Å². The number of ether oxygens (including phenoxy) is 1. The highest BCUT2D eigenvalue weighted by Gasteiger charge is 2.28. The Morgan fingerprint density at radius 1 is 1.30 bits per heavy atom. The smallest absolute Gasteiger partial charge is 0.309 e. The molecule has 1 aromatic carbocycles. The third kappa shape index (κ3) is 4.54. The Morgan fingerprint density at radius 3 is 2.74 bits per heavy atom. The standard InChI is InChI=1S/C21H32N4O2/c1-4-27-20(26)17-9-12-24(13-10-17)21(22-3)23-11-14-25-16(2)15-18-7-5-6-8-19(18)25/h5-8,16-17H,4,9-15H2,1-3H3,(H,22,23). The molecule has 0 amide bonds. The van der Waals surface area contributed by atoms with Crippen molar-refractivity contribution < 1.29 is 9.53 Å². The van der Waals surface area contributed by atoms with E-state index in [0.29, 0.717) is 12.6 Å². The van der Waals surface area contributed by atoms with Crippen LogP contribution in [0.2, 0.25) is 0 Å². The van der Waals surface area contributed by atoms with E-state index < -0.39 is 0 Å². The summed E-state index contributed by atoms with van der Waals surface area (Å²) in [7, 11) is 1.83. The highest BCUT2D eigenvalue weighted by atomic mass is 16.5. The fraction of sp³-hybridized carbons (Fsp3) is 0.619.